The molecule has 0 aliphatic carbocycles. The van der Waals surface area contributed by atoms with Crippen molar-refractivity contribution < 1.29 is 4.74 Å². The van der Waals surface area contributed by atoms with Gasteiger partial charge in [-0.15, -0.1) is 0 Å². The van der Waals surface area contributed by atoms with E-state index in [4.69, 9.17) is 10.00 Å². The Hall–Kier alpha value is 0.700. The van der Waals surface area contributed by atoms with Gasteiger partial charge in [-0.25, -0.2) is 0 Å². The van der Waals surface area contributed by atoms with Crippen molar-refractivity contribution in [1.29, 1.82) is 5.26 Å². The topological polar surface area (TPSA) is 33.0 Å². The lowest BCUT2D eigenvalue weighted by Gasteiger charge is -2.11. The van der Waals surface area contributed by atoms with E-state index in [2.05, 4.69) is 86.0 Å². The first kappa shape index (κ1) is 13.8. The van der Waals surface area contributed by atoms with E-state index in [1.54, 1.807) is 0 Å². The van der Waals surface area contributed by atoms with Crippen LogP contribution in [-0.4, -0.2) is 6.61 Å². The Balaban J connectivity index is 2.82. The highest BCUT2D eigenvalue weighted by molar-refractivity contribution is 14.1. The Morgan fingerprint density at radius 3 is 2.33 bits per heavy atom. The van der Waals surface area contributed by atoms with E-state index >= 15 is 0 Å². The van der Waals surface area contributed by atoms with Crippen LogP contribution >= 0.6 is 67.8 Å². The Morgan fingerprint density at radius 1 is 1.33 bits per heavy atom. The molecule has 0 saturated carbocycles. The van der Waals surface area contributed by atoms with E-state index in [1.165, 1.54) is 3.57 Å². The van der Waals surface area contributed by atoms with Gasteiger partial charge in [-0.3, -0.25) is 0 Å². The molecule has 2 nitrogen and oxygen atoms in total. The van der Waals surface area contributed by atoms with Gasteiger partial charge in [0.05, 0.1) is 19.1 Å². The van der Waals surface area contributed by atoms with E-state index in [9.17, 15) is 0 Å². The number of halogens is 3. The molecule has 0 aliphatic rings. The molecule has 1 aromatic carbocycles. The average Bonchev–Trinajstić information content (AvgIpc) is 2.15. The normalized spacial score (nSPS) is 11.9. The van der Waals surface area contributed by atoms with Crippen molar-refractivity contribution in [2.45, 2.75) is 6.92 Å². The van der Waals surface area contributed by atoms with Crippen molar-refractivity contribution in [2.24, 2.45) is 5.92 Å². The second kappa shape index (κ2) is 6.44. The van der Waals surface area contributed by atoms with Crippen LogP contribution in [0.15, 0.2) is 12.1 Å². The van der Waals surface area contributed by atoms with Gasteiger partial charge in [0.25, 0.3) is 0 Å². The van der Waals surface area contributed by atoms with Gasteiger partial charge in [0.15, 0.2) is 0 Å². The standard InChI is InChI=1S/C10H8I3NO/c1-6(4-14)5-15-10-8(12)2-7(11)3-9(10)13/h2-3,6H,5H2,1H3. The number of rotatable bonds is 3. The molecule has 0 aliphatic heterocycles. The molecule has 1 atom stereocenters. The number of nitrogens with zero attached hydrogens (tertiary/aromatic N) is 1. The van der Waals surface area contributed by atoms with E-state index in [0.29, 0.717) is 6.61 Å². The smallest absolute Gasteiger partial charge is 0.146 e. The molecular weight excluding hydrogens is 531 g/mol. The summed E-state index contributed by atoms with van der Waals surface area (Å²) in [7, 11) is 0. The van der Waals surface area contributed by atoms with Gasteiger partial charge in [-0.2, -0.15) is 5.26 Å². The second-order valence-corrected chi connectivity index (χ2v) is 6.61. The summed E-state index contributed by atoms with van der Waals surface area (Å²) in [6.45, 7) is 2.30. The van der Waals surface area contributed by atoms with Crippen LogP contribution in [-0.2, 0) is 0 Å². The first-order chi connectivity index (χ1) is 7.04. The van der Waals surface area contributed by atoms with Gasteiger partial charge in [0.1, 0.15) is 12.4 Å². The van der Waals surface area contributed by atoms with Gasteiger partial charge >= 0.3 is 0 Å². The molecule has 0 amide bonds. The first-order valence-corrected chi connectivity index (χ1v) is 7.45. The number of nitriles is 1. The van der Waals surface area contributed by atoms with Crippen LogP contribution < -0.4 is 4.74 Å². The van der Waals surface area contributed by atoms with Crippen LogP contribution in [0.3, 0.4) is 0 Å². The minimum Gasteiger partial charge on any atom is -0.490 e. The molecule has 1 unspecified atom stereocenters. The van der Waals surface area contributed by atoms with E-state index in [0.717, 1.165) is 12.9 Å². The highest BCUT2D eigenvalue weighted by atomic mass is 127. The molecule has 0 radical (unpaired) electrons. The summed E-state index contributed by atoms with van der Waals surface area (Å²) in [5.41, 5.74) is 0. The van der Waals surface area contributed by atoms with E-state index in [-0.39, 0.29) is 5.92 Å². The average molecular weight is 539 g/mol. The van der Waals surface area contributed by atoms with Crippen LogP contribution in [0.1, 0.15) is 6.92 Å². The Labute approximate surface area is 130 Å². The molecule has 1 aromatic rings. The van der Waals surface area contributed by atoms with Crippen molar-refractivity contribution in [2.75, 3.05) is 6.61 Å². The minimum absolute atomic E-state index is 0.0733. The van der Waals surface area contributed by atoms with Crippen molar-refractivity contribution in [3.05, 3.63) is 22.8 Å². The predicted molar refractivity (Wildman–Crippen MR) is 84.9 cm³/mol. The van der Waals surface area contributed by atoms with E-state index in [1.807, 2.05) is 6.92 Å². The zero-order valence-corrected chi connectivity index (χ0v) is 14.4. The van der Waals surface area contributed by atoms with Gasteiger partial charge in [-0.05, 0) is 86.8 Å². The Bertz CT molecular complexity index is 377. The Kier molecular flexibility index (Phi) is 5.91. The molecule has 1 rings (SSSR count). The quantitative estimate of drug-likeness (QED) is 0.545. The number of hydrogen-bond donors (Lipinski definition) is 0. The minimum atomic E-state index is -0.0733. The summed E-state index contributed by atoms with van der Waals surface area (Å²) >= 11 is 6.79. The third-order valence-electron chi connectivity index (χ3n) is 1.66. The second-order valence-electron chi connectivity index (χ2n) is 3.04. The fourth-order valence-corrected chi connectivity index (χ4v) is 4.81. The molecule has 0 aromatic heterocycles. The molecule has 0 N–H and O–H groups in total. The van der Waals surface area contributed by atoms with Crippen LogP contribution in [0.4, 0.5) is 0 Å². The summed E-state index contributed by atoms with van der Waals surface area (Å²) in [5.74, 6) is 0.814. The predicted octanol–water partition coefficient (Wildman–Crippen LogP) is 4.04. The zero-order valence-electron chi connectivity index (χ0n) is 7.93. The summed E-state index contributed by atoms with van der Waals surface area (Å²) in [6, 6.07) is 6.28. The van der Waals surface area contributed by atoms with Gasteiger partial charge in [-0.1, -0.05) is 0 Å². The monoisotopic (exact) mass is 539 g/mol. The molecule has 80 valence electrons. The van der Waals surface area contributed by atoms with E-state index < -0.39 is 0 Å². The SMILES string of the molecule is CC(C#N)COc1c(I)cc(I)cc1I. The fraction of sp³-hybridized carbons (Fsp3) is 0.300. The van der Waals surface area contributed by atoms with Crippen LogP contribution in [0, 0.1) is 28.0 Å². The summed E-state index contributed by atoms with van der Waals surface area (Å²) in [6.07, 6.45) is 0. The lowest BCUT2D eigenvalue weighted by atomic mass is 10.2. The molecule has 0 heterocycles. The molecule has 0 saturated heterocycles. The highest BCUT2D eigenvalue weighted by Crippen LogP contribution is 2.29. The summed E-state index contributed by atoms with van der Waals surface area (Å²) < 4.78 is 9.01. The molecule has 15 heavy (non-hydrogen) atoms. The van der Waals surface area contributed by atoms with Crippen LogP contribution in [0.5, 0.6) is 5.75 Å². The zero-order chi connectivity index (χ0) is 11.4. The third-order valence-corrected chi connectivity index (χ3v) is 3.89. The van der Waals surface area contributed by atoms with Crippen LogP contribution in [0.25, 0.3) is 0 Å². The molecule has 0 spiro atoms. The highest BCUT2D eigenvalue weighted by Gasteiger charge is 2.09. The maximum atomic E-state index is 8.66. The fourth-order valence-electron chi connectivity index (χ4n) is 0.912. The van der Waals surface area contributed by atoms with Crippen molar-refractivity contribution in [1.82, 2.24) is 0 Å². The molecular formula is C10H8I3NO. The molecule has 0 bridgehead atoms. The number of ether oxygens (including phenoxy) is 1. The van der Waals surface area contributed by atoms with Crippen molar-refractivity contribution >= 4 is 67.8 Å². The van der Waals surface area contributed by atoms with Gasteiger partial charge < -0.3 is 4.74 Å². The Morgan fingerprint density at radius 2 is 1.87 bits per heavy atom. The van der Waals surface area contributed by atoms with Crippen LogP contribution in [0.2, 0.25) is 0 Å². The maximum Gasteiger partial charge on any atom is 0.146 e. The largest absolute Gasteiger partial charge is 0.490 e. The molecule has 5 heteroatoms. The lowest BCUT2D eigenvalue weighted by Crippen LogP contribution is -2.08. The summed E-state index contributed by atoms with van der Waals surface area (Å²) in [5, 5.41) is 8.66. The van der Waals surface area contributed by atoms with Gasteiger partial charge in [0.2, 0.25) is 0 Å². The van der Waals surface area contributed by atoms with Crippen molar-refractivity contribution in [3.8, 4) is 11.8 Å². The van der Waals surface area contributed by atoms with Gasteiger partial charge in [0, 0.05) is 3.57 Å². The maximum absolute atomic E-state index is 8.66. The summed E-state index contributed by atoms with van der Waals surface area (Å²) in [4.78, 5) is 0. The van der Waals surface area contributed by atoms with Crippen molar-refractivity contribution in [3.63, 3.8) is 0 Å². The lowest BCUT2D eigenvalue weighted by molar-refractivity contribution is 0.284. The third kappa shape index (κ3) is 4.22. The molecule has 0 fully saturated rings. The number of benzene rings is 1. The number of hydrogen-bond acceptors (Lipinski definition) is 2. The first-order valence-electron chi connectivity index (χ1n) is 4.21.